The Morgan fingerprint density at radius 2 is 2.57 bits per heavy atom. The zero-order chi connectivity index (χ0) is 5.70. The van der Waals surface area contributed by atoms with Gasteiger partial charge in [-0.05, 0) is 0 Å². The van der Waals surface area contributed by atoms with E-state index in [1.807, 2.05) is 0 Å². The van der Waals surface area contributed by atoms with E-state index in [2.05, 4.69) is 12.3 Å². The van der Waals surface area contributed by atoms with Crippen molar-refractivity contribution < 1.29 is 4.92 Å². The molecule has 0 radical (unpaired) electrons. The van der Waals surface area contributed by atoms with Gasteiger partial charge in [0.1, 0.15) is 0 Å². The van der Waals surface area contributed by atoms with Crippen LogP contribution in [0.2, 0.25) is 0 Å². The van der Waals surface area contributed by atoms with Crippen LogP contribution in [0, 0.1) is 10.1 Å². The van der Waals surface area contributed by atoms with Gasteiger partial charge in [0.15, 0.2) is 0 Å². The van der Waals surface area contributed by atoms with E-state index in [0.29, 0.717) is 0 Å². The Labute approximate surface area is 41.1 Å². The van der Waals surface area contributed by atoms with Crippen LogP contribution >= 0.6 is 0 Å². The highest BCUT2D eigenvalue weighted by Gasteiger charge is 1.83. The lowest BCUT2D eigenvalue weighted by atomic mass is 10.6. The number of rotatable bonds is 2. The third-order valence-electron chi connectivity index (χ3n) is 0.385. The minimum Gasteiger partial charge on any atom is -0.264 e. The summed E-state index contributed by atoms with van der Waals surface area (Å²) in [5.74, 6) is 0. The van der Waals surface area contributed by atoms with Crippen LogP contribution in [0.15, 0.2) is 18.4 Å². The van der Waals surface area contributed by atoms with Gasteiger partial charge < -0.3 is 0 Å². The molecule has 0 rings (SSSR count). The second kappa shape index (κ2) is 3.12. The summed E-state index contributed by atoms with van der Waals surface area (Å²) in [6.07, 6.45) is 1.26. The minimum atomic E-state index is -0.446. The summed E-state index contributed by atoms with van der Waals surface area (Å²) in [5.41, 5.74) is 2.28. The van der Waals surface area contributed by atoms with Gasteiger partial charge in [-0.3, -0.25) is 10.1 Å². The molecule has 0 unspecified atom stereocenters. The molecule has 0 aliphatic heterocycles. The van der Waals surface area contributed by atoms with Crippen LogP contribution in [0.3, 0.4) is 0 Å². The van der Waals surface area contributed by atoms with Crippen molar-refractivity contribution in [3.8, 4) is 0 Å². The molecule has 0 aromatic heterocycles. The molecule has 0 aromatic carbocycles. The van der Waals surface area contributed by atoms with Gasteiger partial charge in [-0.2, -0.15) is 0 Å². The fourth-order valence-corrected chi connectivity index (χ4v) is 0.139. The van der Waals surface area contributed by atoms with Crippen LogP contribution in [-0.4, -0.2) is 11.5 Å². The quantitative estimate of drug-likeness (QED) is 0.289. The van der Waals surface area contributed by atoms with Gasteiger partial charge in [0.2, 0.25) is 6.54 Å². The first-order chi connectivity index (χ1) is 3.27. The van der Waals surface area contributed by atoms with Crippen LogP contribution < -0.4 is 0 Å². The van der Waals surface area contributed by atoms with Crippen LogP contribution in [-0.2, 0) is 0 Å². The first kappa shape index (κ1) is 5.92. The molecule has 3 nitrogen and oxygen atoms in total. The van der Waals surface area contributed by atoms with Gasteiger partial charge in [0.25, 0.3) is 0 Å². The van der Waals surface area contributed by atoms with E-state index in [-0.39, 0.29) is 6.54 Å². The summed E-state index contributed by atoms with van der Waals surface area (Å²) < 4.78 is 0. The summed E-state index contributed by atoms with van der Waals surface area (Å²) in [6, 6.07) is 0. The molecule has 0 aliphatic rings. The van der Waals surface area contributed by atoms with Crippen LogP contribution in [0.5, 0.6) is 0 Å². The Hall–Kier alpha value is -1.08. The molecular weight excluding hydrogens is 94.0 g/mol. The van der Waals surface area contributed by atoms with Crippen molar-refractivity contribution in [3.05, 3.63) is 28.5 Å². The lowest BCUT2D eigenvalue weighted by molar-refractivity contribution is -0.468. The minimum absolute atomic E-state index is 0.177. The molecule has 7 heavy (non-hydrogen) atoms. The van der Waals surface area contributed by atoms with Crippen molar-refractivity contribution in [1.29, 1.82) is 0 Å². The average Bonchev–Trinajstić information content (AvgIpc) is 1.61. The van der Waals surface area contributed by atoms with Crippen LogP contribution in [0.4, 0.5) is 0 Å². The molecule has 0 aromatic rings. The fourth-order valence-electron chi connectivity index (χ4n) is 0.139. The Morgan fingerprint density at radius 3 is 2.71 bits per heavy atom. The molecule has 0 heterocycles. The lowest BCUT2D eigenvalue weighted by Crippen LogP contribution is -1.94. The smallest absolute Gasteiger partial charge is 0.229 e. The van der Waals surface area contributed by atoms with E-state index in [4.69, 9.17) is 0 Å². The third kappa shape index (κ3) is 4.92. The molecule has 0 spiro atoms. The van der Waals surface area contributed by atoms with Crippen LogP contribution in [0.1, 0.15) is 0 Å². The molecule has 0 fully saturated rings. The summed E-state index contributed by atoms with van der Waals surface area (Å²) in [6.45, 7) is 2.97. The highest BCUT2D eigenvalue weighted by molar-refractivity contribution is 4.73. The zero-order valence-electron chi connectivity index (χ0n) is 3.76. The molecule has 0 amide bonds. The maximum atomic E-state index is 9.46. The normalized spacial score (nSPS) is 6.86. The van der Waals surface area contributed by atoms with Gasteiger partial charge >= 0.3 is 0 Å². The van der Waals surface area contributed by atoms with E-state index in [9.17, 15) is 10.1 Å². The number of hydrogen-bond donors (Lipinski definition) is 0. The maximum absolute atomic E-state index is 9.46. The largest absolute Gasteiger partial charge is 0.264 e. The van der Waals surface area contributed by atoms with Crippen molar-refractivity contribution in [2.45, 2.75) is 0 Å². The summed E-state index contributed by atoms with van der Waals surface area (Å²) in [5, 5.41) is 9.46. The second-order valence-electron chi connectivity index (χ2n) is 0.924. The zero-order valence-corrected chi connectivity index (χ0v) is 3.76. The molecule has 0 N–H and O–H groups in total. The van der Waals surface area contributed by atoms with Gasteiger partial charge in [-0.15, -0.1) is 5.73 Å². The molecule has 0 bridgehead atoms. The number of nitrogens with zero attached hydrogens (tertiary/aromatic N) is 1. The summed E-state index contributed by atoms with van der Waals surface area (Å²) in [4.78, 5) is 9.02. The standard InChI is InChI=1S/C4H5NO2/c1-2-3-4-5(6)7/h3H,1,4H2. The third-order valence-corrected chi connectivity index (χ3v) is 0.385. The average molecular weight is 99.1 g/mol. The van der Waals surface area contributed by atoms with Crippen molar-refractivity contribution >= 4 is 0 Å². The van der Waals surface area contributed by atoms with E-state index in [0.717, 1.165) is 0 Å². The molecule has 0 saturated heterocycles. The second-order valence-corrected chi connectivity index (χ2v) is 0.924. The SMILES string of the molecule is C=C=CC[N+](=O)[O-]. The molecular formula is C4H5NO2. The Balaban J connectivity index is 3.32. The van der Waals surface area contributed by atoms with Gasteiger partial charge in [-0.25, -0.2) is 0 Å². The van der Waals surface area contributed by atoms with E-state index >= 15 is 0 Å². The molecule has 0 saturated carbocycles. The van der Waals surface area contributed by atoms with E-state index in [1.54, 1.807) is 0 Å². The van der Waals surface area contributed by atoms with Crippen molar-refractivity contribution in [1.82, 2.24) is 0 Å². The predicted molar refractivity (Wildman–Crippen MR) is 25.6 cm³/mol. The highest BCUT2D eigenvalue weighted by Crippen LogP contribution is 1.66. The number of hydrogen-bond acceptors (Lipinski definition) is 2. The molecule has 38 valence electrons. The Kier molecular flexibility index (Phi) is 2.64. The molecule has 0 atom stereocenters. The molecule has 0 aliphatic carbocycles. The van der Waals surface area contributed by atoms with Gasteiger partial charge in [0.05, 0.1) is 0 Å². The Morgan fingerprint density at radius 1 is 2.00 bits per heavy atom. The van der Waals surface area contributed by atoms with Gasteiger partial charge in [-0.1, -0.05) is 6.58 Å². The van der Waals surface area contributed by atoms with E-state index in [1.165, 1.54) is 6.08 Å². The first-order valence-electron chi connectivity index (χ1n) is 1.73. The highest BCUT2D eigenvalue weighted by atomic mass is 16.6. The first-order valence-corrected chi connectivity index (χ1v) is 1.73. The van der Waals surface area contributed by atoms with Crippen molar-refractivity contribution in [2.75, 3.05) is 6.54 Å². The topological polar surface area (TPSA) is 43.1 Å². The lowest BCUT2D eigenvalue weighted by Gasteiger charge is -1.76. The Bertz CT molecular complexity index is 113. The summed E-state index contributed by atoms with van der Waals surface area (Å²) in [7, 11) is 0. The van der Waals surface area contributed by atoms with Crippen LogP contribution in [0.25, 0.3) is 0 Å². The fraction of sp³-hybridized carbons (Fsp3) is 0.250. The maximum Gasteiger partial charge on any atom is 0.229 e. The van der Waals surface area contributed by atoms with Crippen molar-refractivity contribution in [3.63, 3.8) is 0 Å². The van der Waals surface area contributed by atoms with Crippen molar-refractivity contribution in [2.24, 2.45) is 0 Å². The van der Waals surface area contributed by atoms with E-state index < -0.39 is 4.92 Å². The number of nitro groups is 1. The van der Waals surface area contributed by atoms with Gasteiger partial charge in [0, 0.05) is 11.0 Å². The summed E-state index contributed by atoms with van der Waals surface area (Å²) >= 11 is 0. The molecule has 3 heteroatoms. The predicted octanol–water partition coefficient (Wildman–Crippen LogP) is 0.604. The monoisotopic (exact) mass is 99.0 g/mol.